The molecule has 0 amide bonds. The van der Waals surface area contributed by atoms with Gasteiger partial charge < -0.3 is 9.15 Å². The molecule has 0 N–H and O–H groups in total. The molecule has 1 aromatic heterocycles. The smallest absolute Gasteiger partial charge is 0.331 e. The SMILES string of the molecule is CC(C)=CC[C@H](OC(=O)C=C(C)C)c1coc(C2=CC(=O)C=CC2=O)c1. The third-order valence-corrected chi connectivity index (χ3v) is 3.61. The summed E-state index contributed by atoms with van der Waals surface area (Å²) in [4.78, 5) is 35.5. The lowest BCUT2D eigenvalue weighted by Crippen LogP contribution is -2.09. The summed E-state index contributed by atoms with van der Waals surface area (Å²) < 4.78 is 11.0. The zero-order valence-corrected chi connectivity index (χ0v) is 15.4. The average Bonchev–Trinajstić information content (AvgIpc) is 3.02. The van der Waals surface area contributed by atoms with Gasteiger partial charge in [0.1, 0.15) is 11.9 Å². The van der Waals surface area contributed by atoms with Crippen molar-refractivity contribution in [1.29, 1.82) is 0 Å². The molecule has 0 bridgehead atoms. The van der Waals surface area contributed by atoms with Crippen LogP contribution in [0.3, 0.4) is 0 Å². The summed E-state index contributed by atoms with van der Waals surface area (Å²) in [5.74, 6) is -0.726. The number of esters is 1. The Balaban J connectivity index is 2.28. The summed E-state index contributed by atoms with van der Waals surface area (Å²) in [6, 6.07) is 1.63. The Hall–Kier alpha value is -2.95. The van der Waals surface area contributed by atoms with Crippen LogP contribution in [-0.2, 0) is 19.1 Å². The van der Waals surface area contributed by atoms with Crippen molar-refractivity contribution in [3.8, 4) is 0 Å². The molecule has 26 heavy (non-hydrogen) atoms. The van der Waals surface area contributed by atoms with E-state index < -0.39 is 12.1 Å². The molecule has 0 fully saturated rings. The topological polar surface area (TPSA) is 73.6 Å². The van der Waals surface area contributed by atoms with E-state index in [1.807, 2.05) is 33.8 Å². The van der Waals surface area contributed by atoms with Crippen LogP contribution < -0.4 is 0 Å². The van der Waals surface area contributed by atoms with Crippen molar-refractivity contribution in [2.75, 3.05) is 0 Å². The Morgan fingerprint density at radius 3 is 2.54 bits per heavy atom. The molecular weight excluding hydrogens is 332 g/mol. The molecule has 0 saturated heterocycles. The van der Waals surface area contributed by atoms with E-state index in [1.54, 1.807) is 6.07 Å². The minimum Gasteiger partial charge on any atom is -0.464 e. The Bertz CT molecular complexity index is 838. The molecule has 2 rings (SSSR count). The van der Waals surface area contributed by atoms with Crippen molar-refractivity contribution < 1.29 is 23.5 Å². The second kappa shape index (κ2) is 8.43. The standard InChI is InChI=1S/C21H22O5/c1-13(2)5-8-19(26-21(24)9-14(3)4)15-10-20(25-12-15)17-11-16(22)6-7-18(17)23/h5-7,9-12,19H,8H2,1-4H3/t19-/m0/s1. The third kappa shape index (κ3) is 5.28. The molecule has 1 aliphatic rings. The fourth-order valence-corrected chi connectivity index (χ4v) is 2.37. The van der Waals surface area contributed by atoms with Gasteiger partial charge in [-0.05, 0) is 45.9 Å². The van der Waals surface area contributed by atoms with Crippen molar-refractivity contribution >= 4 is 23.1 Å². The number of ketones is 2. The number of hydrogen-bond acceptors (Lipinski definition) is 5. The minimum absolute atomic E-state index is 0.195. The van der Waals surface area contributed by atoms with Gasteiger partial charge in [0.25, 0.3) is 0 Å². The van der Waals surface area contributed by atoms with Crippen molar-refractivity contribution in [3.05, 3.63) is 65.2 Å². The second-order valence-corrected chi connectivity index (χ2v) is 6.57. The minimum atomic E-state index is -0.545. The predicted octanol–water partition coefficient (Wildman–Crippen LogP) is 4.28. The van der Waals surface area contributed by atoms with Gasteiger partial charge >= 0.3 is 5.97 Å². The average molecular weight is 354 g/mol. The molecule has 1 atom stereocenters. The number of hydrogen-bond donors (Lipinski definition) is 0. The van der Waals surface area contributed by atoms with E-state index in [0.29, 0.717) is 12.0 Å². The molecule has 0 unspecified atom stereocenters. The molecule has 0 saturated carbocycles. The van der Waals surface area contributed by atoms with Gasteiger partial charge in [-0.3, -0.25) is 9.59 Å². The lowest BCUT2D eigenvalue weighted by atomic mass is 10.0. The molecule has 0 aliphatic heterocycles. The van der Waals surface area contributed by atoms with Crippen LogP contribution in [0, 0.1) is 0 Å². The van der Waals surface area contributed by atoms with Gasteiger partial charge in [-0.1, -0.05) is 17.2 Å². The van der Waals surface area contributed by atoms with E-state index in [0.717, 1.165) is 11.1 Å². The Labute approximate surface area is 152 Å². The number of carbonyl (C=O) groups is 3. The molecule has 1 heterocycles. The first-order valence-electron chi connectivity index (χ1n) is 8.32. The maximum absolute atomic E-state index is 12.0. The molecular formula is C21H22O5. The van der Waals surface area contributed by atoms with Gasteiger partial charge in [0.15, 0.2) is 11.6 Å². The number of furan rings is 1. The molecule has 1 aromatic rings. The van der Waals surface area contributed by atoms with E-state index in [9.17, 15) is 14.4 Å². The van der Waals surface area contributed by atoms with Crippen molar-refractivity contribution in [2.45, 2.75) is 40.2 Å². The summed E-state index contributed by atoms with van der Waals surface area (Å²) >= 11 is 0. The van der Waals surface area contributed by atoms with E-state index in [4.69, 9.17) is 9.15 Å². The van der Waals surface area contributed by atoms with Crippen LogP contribution in [-0.4, -0.2) is 17.5 Å². The van der Waals surface area contributed by atoms with Crippen molar-refractivity contribution in [2.24, 2.45) is 0 Å². The summed E-state index contributed by atoms with van der Waals surface area (Å²) in [7, 11) is 0. The number of rotatable bonds is 6. The molecule has 1 aliphatic carbocycles. The highest BCUT2D eigenvalue weighted by Crippen LogP contribution is 2.29. The number of carbonyl (C=O) groups excluding carboxylic acids is 3. The fourth-order valence-electron chi connectivity index (χ4n) is 2.37. The zero-order valence-electron chi connectivity index (χ0n) is 15.4. The largest absolute Gasteiger partial charge is 0.464 e. The summed E-state index contributed by atoms with van der Waals surface area (Å²) in [6.07, 6.45) is 8.45. The Morgan fingerprint density at radius 1 is 1.15 bits per heavy atom. The highest BCUT2D eigenvalue weighted by Gasteiger charge is 2.22. The molecule has 0 aromatic carbocycles. The summed E-state index contributed by atoms with van der Waals surface area (Å²) in [5, 5.41) is 0. The van der Waals surface area contributed by atoms with E-state index >= 15 is 0 Å². The highest BCUT2D eigenvalue weighted by molar-refractivity contribution is 6.33. The van der Waals surface area contributed by atoms with E-state index in [2.05, 4.69) is 0 Å². The van der Waals surface area contributed by atoms with Crippen LogP contribution in [0.25, 0.3) is 5.57 Å². The van der Waals surface area contributed by atoms with Crippen LogP contribution in [0.1, 0.15) is 51.5 Å². The van der Waals surface area contributed by atoms with Crippen molar-refractivity contribution in [3.63, 3.8) is 0 Å². The fraction of sp³-hybridized carbons (Fsp3) is 0.286. The van der Waals surface area contributed by atoms with E-state index in [-0.39, 0.29) is 22.9 Å². The van der Waals surface area contributed by atoms with Crippen LogP contribution >= 0.6 is 0 Å². The Kier molecular flexibility index (Phi) is 6.28. The van der Waals surface area contributed by atoms with Gasteiger partial charge in [-0.15, -0.1) is 0 Å². The predicted molar refractivity (Wildman–Crippen MR) is 98.2 cm³/mol. The van der Waals surface area contributed by atoms with Gasteiger partial charge in [0.2, 0.25) is 0 Å². The van der Waals surface area contributed by atoms with Gasteiger partial charge in [0.05, 0.1) is 11.8 Å². The molecule has 0 radical (unpaired) electrons. The second-order valence-electron chi connectivity index (χ2n) is 6.57. The first-order valence-corrected chi connectivity index (χ1v) is 8.32. The van der Waals surface area contributed by atoms with Crippen molar-refractivity contribution in [1.82, 2.24) is 0 Å². The lowest BCUT2D eigenvalue weighted by molar-refractivity contribution is -0.143. The first kappa shape index (κ1) is 19.4. The molecule has 0 spiro atoms. The van der Waals surface area contributed by atoms with Gasteiger partial charge in [0, 0.05) is 24.1 Å². The highest BCUT2D eigenvalue weighted by atomic mass is 16.5. The molecule has 5 nitrogen and oxygen atoms in total. The monoisotopic (exact) mass is 354 g/mol. The maximum Gasteiger partial charge on any atom is 0.331 e. The van der Waals surface area contributed by atoms with Gasteiger partial charge in [-0.2, -0.15) is 0 Å². The van der Waals surface area contributed by atoms with Gasteiger partial charge in [-0.25, -0.2) is 4.79 Å². The maximum atomic E-state index is 12.0. The Morgan fingerprint density at radius 2 is 1.88 bits per heavy atom. The number of allylic oxidation sites excluding steroid dienone is 6. The van der Waals surface area contributed by atoms with Crippen LogP contribution in [0.2, 0.25) is 0 Å². The van der Waals surface area contributed by atoms with E-state index in [1.165, 1.54) is 30.6 Å². The molecule has 5 heteroatoms. The third-order valence-electron chi connectivity index (χ3n) is 3.61. The normalized spacial score (nSPS) is 14.5. The summed E-state index contributed by atoms with van der Waals surface area (Å²) in [6.45, 7) is 7.54. The molecule has 136 valence electrons. The summed E-state index contributed by atoms with van der Waals surface area (Å²) in [5.41, 5.74) is 2.76. The van der Waals surface area contributed by atoms with Crippen LogP contribution in [0.4, 0.5) is 0 Å². The quantitative estimate of drug-likeness (QED) is 0.330. The lowest BCUT2D eigenvalue weighted by Gasteiger charge is -2.14. The zero-order chi connectivity index (χ0) is 19.3. The number of ether oxygens (including phenoxy) is 1. The van der Waals surface area contributed by atoms with Crippen LogP contribution in [0.5, 0.6) is 0 Å². The van der Waals surface area contributed by atoms with Crippen LogP contribution in [0.15, 0.2) is 58.3 Å². The first-order chi connectivity index (χ1) is 12.3.